The molecule has 1 aliphatic heterocycles. The highest BCUT2D eigenvalue weighted by molar-refractivity contribution is 7.15. The van der Waals surface area contributed by atoms with Crippen LogP contribution in [0.5, 0.6) is 0 Å². The molecule has 0 atom stereocenters. The number of carbonyl (C=O) groups is 2. The van der Waals surface area contributed by atoms with Gasteiger partial charge in [-0.05, 0) is 19.8 Å². The van der Waals surface area contributed by atoms with Gasteiger partial charge >= 0.3 is 0 Å². The van der Waals surface area contributed by atoms with Crippen molar-refractivity contribution in [3.8, 4) is 0 Å². The van der Waals surface area contributed by atoms with Crippen LogP contribution in [0.4, 0.5) is 5.13 Å². The normalized spacial score (nSPS) is 18.3. The molecule has 1 fully saturated rings. The van der Waals surface area contributed by atoms with Gasteiger partial charge in [-0.3, -0.25) is 19.8 Å². The molecule has 0 saturated carbocycles. The van der Waals surface area contributed by atoms with Gasteiger partial charge in [0.05, 0.1) is 12.1 Å². The zero-order valence-electron chi connectivity index (χ0n) is 13.5. The van der Waals surface area contributed by atoms with Crippen molar-refractivity contribution >= 4 is 28.3 Å². The fraction of sp³-hybridized carbons (Fsp3) is 0.714. The molecule has 0 unspecified atom stereocenters. The zero-order chi connectivity index (χ0) is 16.3. The fourth-order valence-electron chi connectivity index (χ4n) is 2.29. The lowest BCUT2D eigenvalue weighted by Gasteiger charge is -2.40. The van der Waals surface area contributed by atoms with E-state index >= 15 is 0 Å². The molecule has 0 aliphatic carbocycles. The predicted molar refractivity (Wildman–Crippen MR) is 85.7 cm³/mol. The molecule has 1 saturated heterocycles. The summed E-state index contributed by atoms with van der Waals surface area (Å²) < 4.78 is 0. The highest BCUT2D eigenvalue weighted by atomic mass is 32.1. The second-order valence-electron chi connectivity index (χ2n) is 6.38. The van der Waals surface area contributed by atoms with E-state index in [-0.39, 0.29) is 18.4 Å². The fourth-order valence-corrected chi connectivity index (χ4v) is 3.26. The van der Waals surface area contributed by atoms with E-state index in [2.05, 4.69) is 34.7 Å². The summed E-state index contributed by atoms with van der Waals surface area (Å²) >= 11 is 1.40. The lowest BCUT2D eigenvalue weighted by Crippen LogP contribution is -2.62. The van der Waals surface area contributed by atoms with E-state index in [1.165, 1.54) is 11.3 Å². The number of carbonyl (C=O) groups excluding carboxylic acids is 2. The molecular formula is C14H23N5O2S. The number of piperazine rings is 1. The van der Waals surface area contributed by atoms with E-state index in [0.717, 1.165) is 11.4 Å². The van der Waals surface area contributed by atoms with Gasteiger partial charge in [0, 0.05) is 19.5 Å². The van der Waals surface area contributed by atoms with Crippen molar-refractivity contribution in [3.05, 3.63) is 5.01 Å². The van der Waals surface area contributed by atoms with Gasteiger partial charge in [-0.1, -0.05) is 25.2 Å². The molecule has 2 N–H and O–H groups in total. The molecule has 1 aliphatic rings. The van der Waals surface area contributed by atoms with Crippen molar-refractivity contribution in [1.29, 1.82) is 0 Å². The van der Waals surface area contributed by atoms with E-state index in [9.17, 15) is 9.59 Å². The topological polar surface area (TPSA) is 87.2 Å². The van der Waals surface area contributed by atoms with E-state index in [1.807, 2.05) is 18.7 Å². The Labute approximate surface area is 134 Å². The number of nitrogens with one attached hydrogen (secondary N) is 2. The van der Waals surface area contributed by atoms with Crippen molar-refractivity contribution < 1.29 is 9.59 Å². The Morgan fingerprint density at radius 1 is 1.45 bits per heavy atom. The third-order valence-corrected chi connectivity index (χ3v) is 4.51. The Morgan fingerprint density at radius 2 is 2.18 bits per heavy atom. The van der Waals surface area contributed by atoms with Crippen LogP contribution in [0.2, 0.25) is 0 Å². The third kappa shape index (κ3) is 4.01. The Bertz CT molecular complexity index is 555. The predicted octanol–water partition coefficient (Wildman–Crippen LogP) is 0.885. The first-order valence-electron chi connectivity index (χ1n) is 7.44. The lowest BCUT2D eigenvalue weighted by atomic mass is 9.99. The number of nitrogens with zero attached hydrogens (tertiary/aromatic N) is 3. The van der Waals surface area contributed by atoms with Gasteiger partial charge in [0.2, 0.25) is 16.9 Å². The number of hydrogen-bond acceptors (Lipinski definition) is 6. The van der Waals surface area contributed by atoms with Crippen LogP contribution in [0.15, 0.2) is 0 Å². The van der Waals surface area contributed by atoms with Crippen LogP contribution in [0.3, 0.4) is 0 Å². The Hall–Kier alpha value is -1.54. The van der Waals surface area contributed by atoms with Crippen molar-refractivity contribution in [2.45, 2.75) is 39.7 Å². The summed E-state index contributed by atoms with van der Waals surface area (Å²) in [5.41, 5.74) is -0.681. The largest absolute Gasteiger partial charge is 0.353 e. The molecule has 7 nitrogen and oxygen atoms in total. The highest BCUT2D eigenvalue weighted by Crippen LogP contribution is 2.20. The van der Waals surface area contributed by atoms with Gasteiger partial charge in [0.1, 0.15) is 5.01 Å². The molecule has 122 valence electrons. The van der Waals surface area contributed by atoms with E-state index < -0.39 is 5.54 Å². The Balaban J connectivity index is 1.92. The lowest BCUT2D eigenvalue weighted by molar-refractivity contribution is -0.136. The summed E-state index contributed by atoms with van der Waals surface area (Å²) in [7, 11) is 0. The van der Waals surface area contributed by atoms with Crippen LogP contribution in [0.25, 0.3) is 0 Å². The summed E-state index contributed by atoms with van der Waals surface area (Å²) in [5.74, 6) is 0.279. The minimum Gasteiger partial charge on any atom is -0.353 e. The second kappa shape index (κ2) is 6.70. The van der Waals surface area contributed by atoms with E-state index in [1.54, 1.807) is 0 Å². The SMILES string of the molecule is CC(C)Cc1nnc(NC(=O)CN2CCNC(=O)C2(C)C)s1. The molecule has 8 heteroatoms. The van der Waals surface area contributed by atoms with Gasteiger partial charge in [0.25, 0.3) is 0 Å². The van der Waals surface area contributed by atoms with Crippen molar-refractivity contribution in [2.75, 3.05) is 25.0 Å². The summed E-state index contributed by atoms with van der Waals surface area (Å²) in [6.45, 7) is 9.25. The van der Waals surface area contributed by atoms with Crippen LogP contribution < -0.4 is 10.6 Å². The molecule has 2 amide bonds. The number of hydrogen-bond donors (Lipinski definition) is 2. The van der Waals surface area contributed by atoms with Crippen molar-refractivity contribution in [1.82, 2.24) is 20.4 Å². The van der Waals surface area contributed by atoms with Gasteiger partial charge in [-0.2, -0.15) is 0 Å². The van der Waals surface area contributed by atoms with Gasteiger partial charge in [-0.25, -0.2) is 0 Å². The molecule has 1 aromatic rings. The average Bonchev–Trinajstić information content (AvgIpc) is 2.81. The first-order valence-corrected chi connectivity index (χ1v) is 8.26. The van der Waals surface area contributed by atoms with Crippen LogP contribution in [0, 0.1) is 5.92 Å². The number of amides is 2. The van der Waals surface area contributed by atoms with Gasteiger partial charge in [0.15, 0.2) is 0 Å². The molecule has 2 rings (SSSR count). The van der Waals surface area contributed by atoms with Crippen LogP contribution in [0.1, 0.15) is 32.7 Å². The molecular weight excluding hydrogens is 302 g/mol. The summed E-state index contributed by atoms with van der Waals surface area (Å²) in [6.07, 6.45) is 0.854. The molecule has 0 aromatic carbocycles. The Kier molecular flexibility index (Phi) is 5.12. The number of anilines is 1. The van der Waals surface area contributed by atoms with Gasteiger partial charge < -0.3 is 5.32 Å². The smallest absolute Gasteiger partial charge is 0.240 e. The maximum absolute atomic E-state index is 12.2. The molecule has 22 heavy (non-hydrogen) atoms. The van der Waals surface area contributed by atoms with Crippen LogP contribution in [-0.4, -0.2) is 52.1 Å². The summed E-state index contributed by atoms with van der Waals surface area (Å²) in [6, 6.07) is 0. The minimum atomic E-state index is -0.681. The maximum Gasteiger partial charge on any atom is 0.240 e. The standard InChI is InChI=1S/C14H23N5O2S/c1-9(2)7-11-17-18-13(22-11)16-10(20)8-19-6-5-15-12(21)14(19,3)4/h9H,5-8H2,1-4H3,(H,15,21)(H,16,18,20). The van der Waals surface area contributed by atoms with Crippen molar-refractivity contribution in [3.63, 3.8) is 0 Å². The quantitative estimate of drug-likeness (QED) is 0.839. The van der Waals surface area contributed by atoms with Gasteiger partial charge in [-0.15, -0.1) is 10.2 Å². The maximum atomic E-state index is 12.2. The molecule has 0 spiro atoms. The first kappa shape index (κ1) is 16.8. The molecule has 2 heterocycles. The van der Waals surface area contributed by atoms with Crippen molar-refractivity contribution in [2.24, 2.45) is 5.92 Å². The third-order valence-electron chi connectivity index (χ3n) is 3.64. The van der Waals surface area contributed by atoms with Crippen LogP contribution >= 0.6 is 11.3 Å². The highest BCUT2D eigenvalue weighted by Gasteiger charge is 2.38. The summed E-state index contributed by atoms with van der Waals surface area (Å²) in [5, 5.41) is 15.1. The number of aromatic nitrogens is 2. The molecule has 0 radical (unpaired) electrons. The van der Waals surface area contributed by atoms with E-state index in [4.69, 9.17) is 0 Å². The molecule has 0 bridgehead atoms. The van der Waals surface area contributed by atoms with Crippen LogP contribution in [-0.2, 0) is 16.0 Å². The number of rotatable bonds is 5. The molecule has 1 aromatic heterocycles. The first-order chi connectivity index (χ1) is 10.3. The Morgan fingerprint density at radius 3 is 2.86 bits per heavy atom. The average molecular weight is 325 g/mol. The summed E-state index contributed by atoms with van der Waals surface area (Å²) in [4.78, 5) is 25.9. The second-order valence-corrected chi connectivity index (χ2v) is 7.45. The minimum absolute atomic E-state index is 0.0540. The monoisotopic (exact) mass is 325 g/mol. The van der Waals surface area contributed by atoms with E-state index in [0.29, 0.717) is 24.1 Å². The zero-order valence-corrected chi connectivity index (χ0v) is 14.3.